The first kappa shape index (κ1) is 23.2. The van der Waals surface area contributed by atoms with E-state index >= 15 is 0 Å². The number of hydrogen-bond donors (Lipinski definition) is 3. The lowest BCUT2D eigenvalue weighted by molar-refractivity contribution is -0.136. The van der Waals surface area contributed by atoms with Gasteiger partial charge in [0.2, 0.25) is 5.91 Å². The maximum absolute atomic E-state index is 15.0. The average molecular weight is 465 g/mol. The van der Waals surface area contributed by atoms with Crippen LogP contribution in [0.25, 0.3) is 10.9 Å². The van der Waals surface area contributed by atoms with Crippen molar-refractivity contribution in [3.05, 3.63) is 63.8 Å². The molecule has 0 unspecified atom stereocenters. The van der Waals surface area contributed by atoms with Crippen molar-refractivity contribution in [3.63, 3.8) is 0 Å². The van der Waals surface area contributed by atoms with Gasteiger partial charge in [-0.2, -0.15) is 0 Å². The monoisotopic (exact) mass is 464 g/mol. The number of carbonyl (C=O) groups excluding carboxylic acids is 2. The zero-order chi connectivity index (χ0) is 23.7. The van der Waals surface area contributed by atoms with Crippen molar-refractivity contribution < 1.29 is 33.4 Å². The number of carboxylic acids is 1. The zero-order valence-corrected chi connectivity index (χ0v) is 17.8. The van der Waals surface area contributed by atoms with Gasteiger partial charge < -0.3 is 15.5 Å². The van der Waals surface area contributed by atoms with Gasteiger partial charge in [-0.15, -0.1) is 0 Å². The number of aromatic nitrogens is 1. The molecule has 0 aliphatic rings. The van der Waals surface area contributed by atoms with Gasteiger partial charge in [0.15, 0.2) is 11.6 Å². The van der Waals surface area contributed by atoms with Gasteiger partial charge in [0.1, 0.15) is 5.82 Å². The number of amides is 1. The van der Waals surface area contributed by atoms with Gasteiger partial charge >= 0.3 is 5.97 Å². The standard InChI is InChI=1S/C22H19ClF2N2O5/c1-10(21(31)26-8-7-17(29)30)18-11(2)27(15-5-6-16(28)20(25)19(15)18)22(32)12-3-4-13(23)14(24)9-12/h3-6,9-10,28H,7-8H2,1-2H3,(H,26,31)(H,29,30)/t10-/m0/s1. The molecule has 0 aliphatic heterocycles. The predicted octanol–water partition coefficient (Wildman–Crippen LogP) is 3.97. The second-order valence-corrected chi connectivity index (χ2v) is 7.62. The Morgan fingerprint density at radius 3 is 2.50 bits per heavy atom. The summed E-state index contributed by atoms with van der Waals surface area (Å²) in [6.07, 6.45) is -0.297. The second kappa shape index (κ2) is 8.96. The Hall–Kier alpha value is -3.46. The Balaban J connectivity index is 2.15. The minimum absolute atomic E-state index is 0.0505. The summed E-state index contributed by atoms with van der Waals surface area (Å²) < 4.78 is 30.0. The van der Waals surface area contributed by atoms with Crippen molar-refractivity contribution in [2.75, 3.05) is 6.54 Å². The van der Waals surface area contributed by atoms with Crippen LogP contribution in [0.15, 0.2) is 30.3 Å². The maximum atomic E-state index is 15.0. The van der Waals surface area contributed by atoms with E-state index in [2.05, 4.69) is 5.32 Å². The zero-order valence-electron chi connectivity index (χ0n) is 17.1. The Kier molecular flexibility index (Phi) is 6.50. The molecule has 1 atom stereocenters. The largest absolute Gasteiger partial charge is 0.505 e. The van der Waals surface area contributed by atoms with E-state index in [0.29, 0.717) is 0 Å². The summed E-state index contributed by atoms with van der Waals surface area (Å²) in [6.45, 7) is 2.84. The molecule has 3 aromatic rings. The van der Waals surface area contributed by atoms with Crippen molar-refractivity contribution in [1.29, 1.82) is 0 Å². The summed E-state index contributed by atoms with van der Waals surface area (Å²) in [7, 11) is 0. The number of nitrogens with one attached hydrogen (secondary N) is 1. The van der Waals surface area contributed by atoms with E-state index in [0.717, 1.165) is 16.7 Å². The smallest absolute Gasteiger partial charge is 0.305 e. The third kappa shape index (κ3) is 4.16. The summed E-state index contributed by atoms with van der Waals surface area (Å²) in [5.41, 5.74) is 0.388. The van der Waals surface area contributed by atoms with Crippen molar-refractivity contribution in [2.45, 2.75) is 26.2 Å². The number of aromatic hydroxyl groups is 1. The summed E-state index contributed by atoms with van der Waals surface area (Å²) in [5.74, 6) is -5.83. The maximum Gasteiger partial charge on any atom is 0.305 e. The molecular weight excluding hydrogens is 446 g/mol. The lowest BCUT2D eigenvalue weighted by Crippen LogP contribution is -2.30. The first-order chi connectivity index (χ1) is 15.0. The number of carboxylic acid groups (broad SMARTS) is 1. The quantitative estimate of drug-likeness (QED) is 0.511. The first-order valence-corrected chi connectivity index (χ1v) is 9.94. The Morgan fingerprint density at radius 2 is 1.88 bits per heavy atom. The van der Waals surface area contributed by atoms with Crippen LogP contribution in [-0.4, -0.2) is 39.1 Å². The fourth-order valence-electron chi connectivity index (χ4n) is 3.61. The van der Waals surface area contributed by atoms with Crippen LogP contribution in [0.5, 0.6) is 5.75 Å². The molecule has 7 nitrogen and oxygen atoms in total. The van der Waals surface area contributed by atoms with Crippen LogP contribution < -0.4 is 5.32 Å². The SMILES string of the molecule is Cc1c([C@H](C)C(=O)NCCC(=O)O)c2c(F)c(O)ccc2n1C(=O)c1ccc(Cl)c(F)c1. The molecule has 168 valence electrons. The molecule has 1 amide bonds. The number of aliphatic carboxylic acids is 1. The molecule has 0 saturated carbocycles. The number of nitrogens with zero attached hydrogens (tertiary/aromatic N) is 1. The Labute approximate surface area is 186 Å². The molecule has 32 heavy (non-hydrogen) atoms. The predicted molar refractivity (Wildman–Crippen MR) is 113 cm³/mol. The first-order valence-electron chi connectivity index (χ1n) is 9.56. The van der Waals surface area contributed by atoms with Gasteiger partial charge in [-0.1, -0.05) is 11.6 Å². The van der Waals surface area contributed by atoms with Gasteiger partial charge in [0, 0.05) is 23.2 Å². The van der Waals surface area contributed by atoms with E-state index in [1.165, 1.54) is 32.0 Å². The van der Waals surface area contributed by atoms with Crippen LogP contribution in [0.3, 0.4) is 0 Å². The molecule has 10 heteroatoms. The number of hydrogen-bond acceptors (Lipinski definition) is 4. The Bertz CT molecular complexity index is 1260. The molecule has 3 N–H and O–H groups in total. The van der Waals surface area contributed by atoms with E-state index in [9.17, 15) is 28.3 Å². The normalized spacial score (nSPS) is 12.0. The fraction of sp³-hybridized carbons (Fsp3) is 0.227. The number of phenolic OH excluding ortho intramolecular Hbond substituents is 1. The molecular formula is C22H19ClF2N2O5. The van der Waals surface area contributed by atoms with Crippen LogP contribution >= 0.6 is 11.6 Å². The molecule has 3 rings (SSSR count). The minimum Gasteiger partial charge on any atom is -0.505 e. The number of fused-ring (bicyclic) bond motifs is 1. The van der Waals surface area contributed by atoms with Crippen molar-refractivity contribution in [1.82, 2.24) is 9.88 Å². The lowest BCUT2D eigenvalue weighted by atomic mass is 9.96. The molecule has 0 spiro atoms. The van der Waals surface area contributed by atoms with Crippen LogP contribution in [0.2, 0.25) is 5.02 Å². The average Bonchev–Trinajstić information content (AvgIpc) is 3.03. The lowest BCUT2D eigenvalue weighted by Gasteiger charge is -2.13. The summed E-state index contributed by atoms with van der Waals surface area (Å²) in [6, 6.07) is 5.89. The van der Waals surface area contributed by atoms with Gasteiger partial charge in [0.05, 0.1) is 22.9 Å². The van der Waals surface area contributed by atoms with Gasteiger partial charge in [-0.3, -0.25) is 19.0 Å². The summed E-state index contributed by atoms with van der Waals surface area (Å²) >= 11 is 5.69. The van der Waals surface area contributed by atoms with Crippen LogP contribution in [-0.2, 0) is 9.59 Å². The van der Waals surface area contributed by atoms with E-state index in [-0.39, 0.29) is 45.7 Å². The van der Waals surface area contributed by atoms with Crippen molar-refractivity contribution >= 4 is 40.3 Å². The van der Waals surface area contributed by atoms with E-state index < -0.39 is 41.1 Å². The number of phenols is 1. The Morgan fingerprint density at radius 1 is 1.19 bits per heavy atom. The summed E-state index contributed by atoms with van der Waals surface area (Å²) in [5, 5.41) is 20.8. The highest BCUT2D eigenvalue weighted by Gasteiger charge is 2.29. The molecule has 0 saturated heterocycles. The number of rotatable bonds is 6. The number of benzene rings is 2. The minimum atomic E-state index is -1.09. The molecule has 0 bridgehead atoms. The highest BCUT2D eigenvalue weighted by molar-refractivity contribution is 6.30. The van der Waals surface area contributed by atoms with Crippen LogP contribution in [0.4, 0.5) is 8.78 Å². The van der Waals surface area contributed by atoms with Crippen molar-refractivity contribution in [3.8, 4) is 5.75 Å². The van der Waals surface area contributed by atoms with Gasteiger partial charge in [-0.05, 0) is 49.7 Å². The molecule has 2 aromatic carbocycles. The molecule has 1 aromatic heterocycles. The van der Waals surface area contributed by atoms with E-state index in [1.54, 1.807) is 0 Å². The molecule has 1 heterocycles. The highest BCUT2D eigenvalue weighted by Crippen LogP contribution is 2.37. The third-order valence-corrected chi connectivity index (χ3v) is 5.48. The van der Waals surface area contributed by atoms with Crippen molar-refractivity contribution in [2.24, 2.45) is 0 Å². The third-order valence-electron chi connectivity index (χ3n) is 5.17. The number of carbonyl (C=O) groups is 3. The van der Waals surface area contributed by atoms with Gasteiger partial charge in [0.25, 0.3) is 5.91 Å². The molecule has 0 aliphatic carbocycles. The van der Waals surface area contributed by atoms with E-state index in [1.807, 2.05) is 0 Å². The summed E-state index contributed by atoms with van der Waals surface area (Å²) in [4.78, 5) is 36.5. The highest BCUT2D eigenvalue weighted by atomic mass is 35.5. The van der Waals surface area contributed by atoms with Crippen LogP contribution in [0, 0.1) is 18.6 Å². The second-order valence-electron chi connectivity index (χ2n) is 7.22. The number of halogens is 3. The van der Waals surface area contributed by atoms with Gasteiger partial charge in [-0.25, -0.2) is 8.78 Å². The van der Waals surface area contributed by atoms with E-state index in [4.69, 9.17) is 16.7 Å². The molecule has 0 radical (unpaired) electrons. The van der Waals surface area contributed by atoms with Crippen LogP contribution in [0.1, 0.15) is 40.9 Å². The fourth-order valence-corrected chi connectivity index (χ4v) is 3.72. The topological polar surface area (TPSA) is 109 Å². The molecule has 0 fully saturated rings.